The van der Waals surface area contributed by atoms with Crippen molar-refractivity contribution in [3.8, 4) is 5.75 Å². The molecule has 0 aliphatic carbocycles. The molecule has 0 amide bonds. The van der Waals surface area contributed by atoms with Crippen LogP contribution in [0.5, 0.6) is 5.75 Å². The van der Waals surface area contributed by atoms with E-state index >= 15 is 0 Å². The summed E-state index contributed by atoms with van der Waals surface area (Å²) < 4.78 is 66.0. The Morgan fingerprint density at radius 2 is 2.00 bits per heavy atom. The third kappa shape index (κ3) is 3.86. The fourth-order valence-corrected chi connectivity index (χ4v) is 1.21. The van der Waals surface area contributed by atoms with E-state index in [0.717, 1.165) is 24.4 Å². The first-order chi connectivity index (χ1) is 8.34. The van der Waals surface area contributed by atoms with Gasteiger partial charge >= 0.3 is 6.18 Å². The highest BCUT2D eigenvalue weighted by Crippen LogP contribution is 2.36. The molecule has 0 bridgehead atoms. The second-order valence-electron chi connectivity index (χ2n) is 3.23. The molecule has 0 atom stereocenters. The van der Waals surface area contributed by atoms with Crippen molar-refractivity contribution in [2.45, 2.75) is 12.6 Å². The molecule has 3 nitrogen and oxygen atoms in total. The summed E-state index contributed by atoms with van der Waals surface area (Å²) in [6, 6.07) is 2.77. The van der Waals surface area contributed by atoms with Crippen molar-refractivity contribution in [2.24, 2.45) is 10.9 Å². The van der Waals surface area contributed by atoms with Crippen molar-refractivity contribution < 1.29 is 26.7 Å². The van der Waals surface area contributed by atoms with Crippen LogP contribution in [0, 0.1) is 0 Å². The van der Waals surface area contributed by atoms with E-state index in [1.807, 2.05) is 0 Å². The summed E-state index contributed by atoms with van der Waals surface area (Å²) in [6.45, 7) is -1.12. The van der Waals surface area contributed by atoms with Crippen molar-refractivity contribution in [3.63, 3.8) is 0 Å². The molecule has 0 spiro atoms. The molecule has 1 rings (SSSR count). The van der Waals surface area contributed by atoms with Gasteiger partial charge in [-0.05, 0) is 17.7 Å². The molecular weight excluding hydrogens is 259 g/mol. The Balaban J connectivity index is 3.10. The fourth-order valence-electron chi connectivity index (χ4n) is 1.21. The average molecular weight is 268 g/mol. The van der Waals surface area contributed by atoms with E-state index in [-0.39, 0.29) is 5.56 Å². The number of ether oxygens (including phenoxy) is 1. The van der Waals surface area contributed by atoms with Gasteiger partial charge in [0.05, 0.1) is 11.8 Å². The van der Waals surface area contributed by atoms with Gasteiger partial charge in [0.15, 0.2) is 0 Å². The minimum absolute atomic E-state index is 0.217. The Kier molecular flexibility index (Phi) is 4.46. The minimum atomic E-state index is -4.68. The SMILES string of the molecule is NN=Cc1ccc(C(F)(F)F)c(OCC(F)F)c1. The third-order valence-electron chi connectivity index (χ3n) is 1.90. The first kappa shape index (κ1) is 14.2. The smallest absolute Gasteiger partial charge is 0.419 e. The summed E-state index contributed by atoms with van der Waals surface area (Å²) in [5.41, 5.74) is -0.910. The summed E-state index contributed by atoms with van der Waals surface area (Å²) in [5.74, 6) is 4.16. The monoisotopic (exact) mass is 268 g/mol. The molecule has 1 aromatic rings. The molecule has 0 unspecified atom stereocenters. The van der Waals surface area contributed by atoms with Crippen molar-refractivity contribution in [1.82, 2.24) is 0 Å². The number of nitrogens with zero attached hydrogens (tertiary/aromatic N) is 1. The van der Waals surface area contributed by atoms with Crippen LogP contribution < -0.4 is 10.6 Å². The Morgan fingerprint density at radius 1 is 1.33 bits per heavy atom. The maximum absolute atomic E-state index is 12.6. The van der Waals surface area contributed by atoms with Gasteiger partial charge in [-0.2, -0.15) is 18.3 Å². The zero-order valence-electron chi connectivity index (χ0n) is 8.92. The van der Waals surface area contributed by atoms with E-state index in [2.05, 4.69) is 9.84 Å². The number of hydrogen-bond donors (Lipinski definition) is 1. The molecule has 1 aromatic carbocycles. The van der Waals surface area contributed by atoms with Crippen LogP contribution >= 0.6 is 0 Å². The maximum atomic E-state index is 12.6. The van der Waals surface area contributed by atoms with Crippen LogP contribution in [-0.2, 0) is 6.18 Å². The standard InChI is InChI=1S/C10H9F5N2O/c11-9(12)5-18-8-3-6(4-17-16)1-2-7(8)10(13,14)15/h1-4,9H,5,16H2. The van der Waals surface area contributed by atoms with Gasteiger partial charge in [0, 0.05) is 0 Å². The number of rotatable bonds is 4. The lowest BCUT2D eigenvalue weighted by atomic mass is 10.1. The highest BCUT2D eigenvalue weighted by Gasteiger charge is 2.34. The van der Waals surface area contributed by atoms with Crippen molar-refractivity contribution in [2.75, 3.05) is 6.61 Å². The summed E-state index contributed by atoms with van der Waals surface area (Å²) >= 11 is 0. The van der Waals surface area contributed by atoms with Gasteiger partial charge in [-0.3, -0.25) is 0 Å². The van der Waals surface area contributed by atoms with Crippen LogP contribution in [-0.4, -0.2) is 19.2 Å². The number of alkyl halides is 5. The molecule has 2 N–H and O–H groups in total. The molecule has 0 radical (unpaired) electrons. The van der Waals surface area contributed by atoms with Crippen LogP contribution in [0.2, 0.25) is 0 Å². The summed E-state index contributed by atoms with van der Waals surface area (Å²) in [4.78, 5) is 0. The molecule has 18 heavy (non-hydrogen) atoms. The first-order valence-electron chi connectivity index (χ1n) is 4.70. The number of hydrogen-bond acceptors (Lipinski definition) is 3. The van der Waals surface area contributed by atoms with Crippen LogP contribution in [0.15, 0.2) is 23.3 Å². The zero-order chi connectivity index (χ0) is 13.8. The van der Waals surface area contributed by atoms with Crippen LogP contribution in [0.4, 0.5) is 22.0 Å². The Hall–Kier alpha value is -1.86. The van der Waals surface area contributed by atoms with E-state index in [1.54, 1.807) is 0 Å². The van der Waals surface area contributed by atoms with Crippen LogP contribution in [0.1, 0.15) is 11.1 Å². The summed E-state index contributed by atoms with van der Waals surface area (Å²) in [7, 11) is 0. The van der Waals surface area contributed by atoms with Gasteiger partial charge in [0.1, 0.15) is 12.4 Å². The predicted molar refractivity (Wildman–Crippen MR) is 54.7 cm³/mol. The topological polar surface area (TPSA) is 47.6 Å². The van der Waals surface area contributed by atoms with Crippen molar-refractivity contribution in [1.29, 1.82) is 0 Å². The van der Waals surface area contributed by atoms with Gasteiger partial charge in [0.25, 0.3) is 6.43 Å². The molecule has 0 heterocycles. The van der Waals surface area contributed by atoms with E-state index in [1.165, 1.54) is 0 Å². The quantitative estimate of drug-likeness (QED) is 0.395. The molecule has 0 saturated heterocycles. The van der Waals surface area contributed by atoms with Gasteiger partial charge < -0.3 is 10.6 Å². The average Bonchev–Trinajstić information content (AvgIpc) is 2.25. The number of nitrogens with two attached hydrogens (primary N) is 1. The number of halogens is 5. The lowest BCUT2D eigenvalue weighted by Gasteiger charge is -2.14. The molecule has 0 aliphatic rings. The minimum Gasteiger partial charge on any atom is -0.487 e. The maximum Gasteiger partial charge on any atom is 0.419 e. The zero-order valence-corrected chi connectivity index (χ0v) is 8.92. The summed E-state index contributed by atoms with van der Waals surface area (Å²) in [5, 5.41) is 3.12. The van der Waals surface area contributed by atoms with E-state index in [0.29, 0.717) is 0 Å². The normalized spacial score (nSPS) is 12.3. The van der Waals surface area contributed by atoms with Gasteiger partial charge in [0.2, 0.25) is 0 Å². The van der Waals surface area contributed by atoms with Gasteiger partial charge in [-0.1, -0.05) is 6.07 Å². The molecular formula is C10H9F5N2O. The highest BCUT2D eigenvalue weighted by atomic mass is 19.4. The van der Waals surface area contributed by atoms with Crippen molar-refractivity contribution in [3.05, 3.63) is 29.3 Å². The Morgan fingerprint density at radius 3 is 2.50 bits per heavy atom. The lowest BCUT2D eigenvalue weighted by molar-refractivity contribution is -0.139. The van der Waals surface area contributed by atoms with Crippen LogP contribution in [0.25, 0.3) is 0 Å². The fraction of sp³-hybridized carbons (Fsp3) is 0.300. The molecule has 8 heteroatoms. The molecule has 100 valence electrons. The van der Waals surface area contributed by atoms with Gasteiger partial charge in [-0.15, -0.1) is 0 Å². The Bertz CT molecular complexity index is 431. The first-order valence-corrected chi connectivity index (χ1v) is 4.70. The van der Waals surface area contributed by atoms with E-state index in [4.69, 9.17) is 5.84 Å². The Labute approximate surface area is 99.0 Å². The summed E-state index contributed by atoms with van der Waals surface area (Å²) in [6.07, 6.45) is -6.47. The van der Waals surface area contributed by atoms with Gasteiger partial charge in [-0.25, -0.2) is 8.78 Å². The van der Waals surface area contributed by atoms with E-state index < -0.39 is 30.5 Å². The second-order valence-corrected chi connectivity index (χ2v) is 3.23. The van der Waals surface area contributed by atoms with Crippen molar-refractivity contribution >= 4 is 6.21 Å². The number of benzene rings is 1. The molecule has 0 aliphatic heterocycles. The predicted octanol–water partition coefficient (Wildman–Crippen LogP) is 2.64. The molecule has 0 fully saturated rings. The lowest BCUT2D eigenvalue weighted by Crippen LogP contribution is -2.13. The second kappa shape index (κ2) is 5.65. The van der Waals surface area contributed by atoms with Crippen LogP contribution in [0.3, 0.4) is 0 Å². The highest BCUT2D eigenvalue weighted by molar-refractivity contribution is 5.80. The largest absolute Gasteiger partial charge is 0.487 e. The number of hydrazone groups is 1. The molecule has 0 saturated carbocycles. The van der Waals surface area contributed by atoms with E-state index in [9.17, 15) is 22.0 Å². The third-order valence-corrected chi connectivity index (χ3v) is 1.90. The molecule has 0 aromatic heterocycles.